The van der Waals surface area contributed by atoms with E-state index in [9.17, 15) is 0 Å². The summed E-state index contributed by atoms with van der Waals surface area (Å²) in [6.07, 6.45) is 0. The minimum Gasteiger partial charge on any atom is -0.453 e. The number of hydrogen-bond acceptors (Lipinski definition) is 4. The van der Waals surface area contributed by atoms with Crippen LogP contribution >= 0.6 is 15.9 Å². The highest BCUT2D eigenvalue weighted by Gasteiger charge is 2.18. The van der Waals surface area contributed by atoms with Crippen LogP contribution in [0.2, 0.25) is 0 Å². The lowest BCUT2D eigenvalue weighted by atomic mass is 9.99. The molecule has 0 amide bonds. The van der Waals surface area contributed by atoms with E-state index in [1.54, 1.807) is 0 Å². The van der Waals surface area contributed by atoms with E-state index in [1.165, 1.54) is 5.56 Å². The molecule has 2 aromatic heterocycles. The van der Waals surface area contributed by atoms with Gasteiger partial charge in [0, 0.05) is 12.1 Å². The SMILES string of the molecule is Cc1noc(C)c1[C@@H](C)CN[C@H](C)c1ccc(Br)o1. The molecule has 4 nitrogen and oxygen atoms in total. The van der Waals surface area contributed by atoms with Crippen LogP contribution in [0.1, 0.15) is 48.6 Å². The van der Waals surface area contributed by atoms with Gasteiger partial charge in [0.1, 0.15) is 11.5 Å². The van der Waals surface area contributed by atoms with Crippen LogP contribution in [0.4, 0.5) is 0 Å². The molecule has 0 aliphatic heterocycles. The van der Waals surface area contributed by atoms with Gasteiger partial charge in [-0.15, -0.1) is 0 Å². The van der Waals surface area contributed by atoms with Crippen molar-refractivity contribution < 1.29 is 8.94 Å². The summed E-state index contributed by atoms with van der Waals surface area (Å²) < 4.78 is 11.5. The molecule has 2 atom stereocenters. The summed E-state index contributed by atoms with van der Waals surface area (Å²) in [5.41, 5.74) is 2.17. The van der Waals surface area contributed by atoms with Gasteiger partial charge in [0.15, 0.2) is 4.67 Å². The van der Waals surface area contributed by atoms with Gasteiger partial charge in [-0.3, -0.25) is 0 Å². The van der Waals surface area contributed by atoms with Crippen molar-refractivity contribution in [3.8, 4) is 0 Å². The second-order valence-electron chi connectivity index (χ2n) is 4.91. The zero-order chi connectivity index (χ0) is 14.0. The van der Waals surface area contributed by atoms with Crippen LogP contribution in [0.5, 0.6) is 0 Å². The van der Waals surface area contributed by atoms with E-state index in [2.05, 4.69) is 40.3 Å². The maximum absolute atomic E-state index is 5.54. The first-order valence-corrected chi connectivity index (χ1v) is 7.19. The molecule has 2 rings (SSSR count). The Hall–Kier alpha value is -1.07. The maximum atomic E-state index is 5.54. The fraction of sp³-hybridized carbons (Fsp3) is 0.500. The van der Waals surface area contributed by atoms with Gasteiger partial charge >= 0.3 is 0 Å². The smallest absolute Gasteiger partial charge is 0.169 e. The first-order valence-electron chi connectivity index (χ1n) is 6.40. The van der Waals surface area contributed by atoms with Gasteiger partial charge in [0.25, 0.3) is 0 Å². The van der Waals surface area contributed by atoms with Crippen LogP contribution in [0.25, 0.3) is 0 Å². The molecule has 0 aromatic carbocycles. The number of nitrogens with one attached hydrogen (secondary N) is 1. The average molecular weight is 327 g/mol. The van der Waals surface area contributed by atoms with Crippen LogP contribution in [0.3, 0.4) is 0 Å². The quantitative estimate of drug-likeness (QED) is 0.898. The number of nitrogens with zero attached hydrogens (tertiary/aromatic N) is 1. The molecule has 1 N–H and O–H groups in total. The minimum absolute atomic E-state index is 0.175. The molecule has 0 aliphatic rings. The number of hydrogen-bond donors (Lipinski definition) is 1. The number of rotatable bonds is 5. The fourth-order valence-corrected chi connectivity index (χ4v) is 2.63. The predicted octanol–water partition coefficient (Wildman–Crippen LogP) is 4.10. The van der Waals surface area contributed by atoms with Crippen molar-refractivity contribution in [2.75, 3.05) is 6.54 Å². The normalized spacial score (nSPS) is 14.6. The third-order valence-electron chi connectivity index (χ3n) is 3.33. The van der Waals surface area contributed by atoms with Crippen LogP contribution < -0.4 is 5.32 Å². The lowest BCUT2D eigenvalue weighted by Crippen LogP contribution is -2.23. The third kappa shape index (κ3) is 3.28. The summed E-state index contributed by atoms with van der Waals surface area (Å²) in [6, 6.07) is 4.06. The van der Waals surface area contributed by atoms with E-state index in [4.69, 9.17) is 8.94 Å². The summed E-state index contributed by atoms with van der Waals surface area (Å²) in [7, 11) is 0. The lowest BCUT2D eigenvalue weighted by molar-refractivity contribution is 0.389. The zero-order valence-corrected chi connectivity index (χ0v) is 13.2. The second kappa shape index (κ2) is 5.92. The third-order valence-corrected chi connectivity index (χ3v) is 3.76. The Bertz CT molecular complexity index is 528. The van der Waals surface area contributed by atoms with Crippen LogP contribution in [0, 0.1) is 13.8 Å². The molecular formula is C14H19BrN2O2. The predicted molar refractivity (Wildman–Crippen MR) is 77.2 cm³/mol. The van der Waals surface area contributed by atoms with Crippen LogP contribution in [-0.4, -0.2) is 11.7 Å². The number of aryl methyl sites for hydroxylation is 2. The first kappa shape index (κ1) is 14.3. The summed E-state index contributed by atoms with van der Waals surface area (Å²) in [5.74, 6) is 2.19. The van der Waals surface area contributed by atoms with Gasteiger partial charge in [0.2, 0.25) is 0 Å². The monoisotopic (exact) mass is 326 g/mol. The fourth-order valence-electron chi connectivity index (χ4n) is 2.31. The lowest BCUT2D eigenvalue weighted by Gasteiger charge is -2.16. The van der Waals surface area contributed by atoms with Gasteiger partial charge in [-0.25, -0.2) is 0 Å². The Morgan fingerprint density at radius 3 is 2.58 bits per heavy atom. The summed E-state index contributed by atoms with van der Waals surface area (Å²) in [4.78, 5) is 0. The Morgan fingerprint density at radius 1 is 1.32 bits per heavy atom. The topological polar surface area (TPSA) is 51.2 Å². The average Bonchev–Trinajstić information content (AvgIpc) is 2.93. The molecule has 0 aliphatic carbocycles. The molecule has 104 valence electrons. The number of halogens is 1. The maximum Gasteiger partial charge on any atom is 0.169 e. The highest BCUT2D eigenvalue weighted by molar-refractivity contribution is 9.10. The van der Waals surface area contributed by atoms with E-state index in [0.717, 1.165) is 28.4 Å². The highest BCUT2D eigenvalue weighted by Crippen LogP contribution is 2.24. The van der Waals surface area contributed by atoms with E-state index >= 15 is 0 Å². The van der Waals surface area contributed by atoms with Crippen molar-refractivity contribution in [1.29, 1.82) is 0 Å². The van der Waals surface area contributed by atoms with Gasteiger partial charge < -0.3 is 14.3 Å². The summed E-state index contributed by atoms with van der Waals surface area (Å²) in [6.45, 7) is 9.05. The Morgan fingerprint density at radius 2 is 2.05 bits per heavy atom. The zero-order valence-electron chi connectivity index (χ0n) is 11.7. The van der Waals surface area contributed by atoms with Crippen LogP contribution in [-0.2, 0) is 0 Å². The summed E-state index contributed by atoms with van der Waals surface area (Å²) >= 11 is 3.32. The number of aromatic nitrogens is 1. The van der Waals surface area contributed by atoms with Crippen molar-refractivity contribution in [3.63, 3.8) is 0 Å². The Labute approximate surface area is 121 Å². The van der Waals surface area contributed by atoms with Crippen molar-refractivity contribution in [1.82, 2.24) is 10.5 Å². The van der Waals surface area contributed by atoms with Gasteiger partial charge in [-0.1, -0.05) is 12.1 Å². The first-order chi connectivity index (χ1) is 8.99. The molecule has 5 heteroatoms. The molecule has 0 unspecified atom stereocenters. The molecule has 2 aromatic rings. The van der Waals surface area contributed by atoms with E-state index in [1.807, 2.05) is 26.0 Å². The Balaban J connectivity index is 1.95. The Kier molecular flexibility index (Phi) is 4.47. The molecule has 0 saturated carbocycles. The molecule has 0 fully saturated rings. The second-order valence-corrected chi connectivity index (χ2v) is 5.69. The van der Waals surface area contributed by atoms with Crippen molar-refractivity contribution >= 4 is 15.9 Å². The molecule has 0 spiro atoms. The molecule has 0 saturated heterocycles. The highest BCUT2D eigenvalue weighted by atomic mass is 79.9. The van der Waals surface area contributed by atoms with Crippen LogP contribution in [0.15, 0.2) is 25.7 Å². The largest absolute Gasteiger partial charge is 0.453 e. The molecule has 19 heavy (non-hydrogen) atoms. The molecule has 0 bridgehead atoms. The van der Waals surface area contributed by atoms with E-state index in [0.29, 0.717) is 5.92 Å². The van der Waals surface area contributed by atoms with Gasteiger partial charge in [-0.2, -0.15) is 0 Å². The van der Waals surface area contributed by atoms with Gasteiger partial charge in [0.05, 0.1) is 11.7 Å². The van der Waals surface area contributed by atoms with Crippen molar-refractivity contribution in [2.24, 2.45) is 0 Å². The number of furan rings is 1. The van der Waals surface area contributed by atoms with Crippen molar-refractivity contribution in [3.05, 3.63) is 39.6 Å². The minimum atomic E-state index is 0.175. The van der Waals surface area contributed by atoms with Crippen molar-refractivity contribution in [2.45, 2.75) is 39.7 Å². The molecule has 0 radical (unpaired) electrons. The molecule has 2 heterocycles. The standard InChI is InChI=1S/C14H19BrN2O2/c1-8(14-10(3)17-19-11(14)4)7-16-9(2)12-5-6-13(15)18-12/h5-6,8-9,16H,7H2,1-4H3/t8-,9+/m0/s1. The van der Waals surface area contributed by atoms with E-state index < -0.39 is 0 Å². The summed E-state index contributed by atoms with van der Waals surface area (Å²) in [5, 5.41) is 7.47. The molecular weight excluding hydrogens is 308 g/mol. The van der Waals surface area contributed by atoms with Gasteiger partial charge in [-0.05, 0) is 54.8 Å². The van der Waals surface area contributed by atoms with E-state index in [-0.39, 0.29) is 6.04 Å².